The van der Waals surface area contributed by atoms with Crippen molar-refractivity contribution in [1.82, 2.24) is 0 Å². The molecule has 0 saturated heterocycles. The third-order valence-corrected chi connectivity index (χ3v) is 5.71. The molecule has 0 unspecified atom stereocenters. The number of aliphatic carboxylic acids is 1. The zero-order valence-corrected chi connectivity index (χ0v) is 20.5. The van der Waals surface area contributed by atoms with E-state index in [0.29, 0.717) is 12.4 Å². The molecule has 1 N–H and O–H groups in total. The molecule has 0 spiro atoms. The predicted molar refractivity (Wildman–Crippen MR) is 137 cm³/mol. The standard InChI is InChI=1S/C30H34O3/c1-29(2,3)25-13-7-21(8-14-25)20-33-27-17-11-23(19-24(27)12-18-28(31)32)22-9-15-26(16-10-22)30(4,5)6/h7-19H,20H2,1-6H3,(H,31,32). The summed E-state index contributed by atoms with van der Waals surface area (Å²) in [6, 6.07) is 22.8. The van der Waals surface area contributed by atoms with Crippen molar-refractivity contribution in [1.29, 1.82) is 0 Å². The van der Waals surface area contributed by atoms with Crippen LogP contribution in [0.2, 0.25) is 0 Å². The molecule has 0 fully saturated rings. The Bertz CT molecular complexity index is 1120. The Morgan fingerprint density at radius 2 is 1.30 bits per heavy atom. The highest BCUT2D eigenvalue weighted by molar-refractivity contribution is 5.86. The first kappa shape index (κ1) is 24.3. The summed E-state index contributed by atoms with van der Waals surface area (Å²) in [7, 11) is 0. The maximum Gasteiger partial charge on any atom is 0.328 e. The fourth-order valence-corrected chi connectivity index (χ4v) is 3.58. The average molecular weight is 443 g/mol. The lowest BCUT2D eigenvalue weighted by atomic mass is 9.86. The van der Waals surface area contributed by atoms with Crippen LogP contribution in [0.3, 0.4) is 0 Å². The molecule has 3 nitrogen and oxygen atoms in total. The van der Waals surface area contributed by atoms with Gasteiger partial charge in [-0.05, 0) is 56.9 Å². The normalized spacial score (nSPS) is 12.2. The van der Waals surface area contributed by atoms with Gasteiger partial charge in [0.25, 0.3) is 0 Å². The van der Waals surface area contributed by atoms with Gasteiger partial charge in [-0.15, -0.1) is 0 Å². The summed E-state index contributed by atoms with van der Waals surface area (Å²) >= 11 is 0. The van der Waals surface area contributed by atoms with Gasteiger partial charge in [0.05, 0.1) is 0 Å². The molecule has 3 aromatic carbocycles. The number of hydrogen-bond acceptors (Lipinski definition) is 2. The SMILES string of the molecule is CC(C)(C)c1ccc(COc2ccc(-c3ccc(C(C)(C)C)cc3)cc2C=CC(=O)O)cc1. The van der Waals surface area contributed by atoms with E-state index < -0.39 is 5.97 Å². The maximum atomic E-state index is 11.1. The van der Waals surface area contributed by atoms with Gasteiger partial charge in [0.2, 0.25) is 0 Å². The molecule has 0 atom stereocenters. The van der Waals surface area contributed by atoms with Crippen LogP contribution in [-0.4, -0.2) is 11.1 Å². The number of rotatable bonds is 6. The molecule has 0 aliphatic heterocycles. The molecule has 3 heteroatoms. The van der Waals surface area contributed by atoms with Crippen molar-refractivity contribution >= 4 is 12.0 Å². The van der Waals surface area contributed by atoms with Crippen molar-refractivity contribution in [2.75, 3.05) is 0 Å². The number of ether oxygens (including phenoxy) is 1. The fraction of sp³-hybridized carbons (Fsp3) is 0.300. The van der Waals surface area contributed by atoms with Gasteiger partial charge >= 0.3 is 5.97 Å². The quantitative estimate of drug-likeness (QED) is 0.399. The molecule has 0 amide bonds. The molecule has 172 valence electrons. The summed E-state index contributed by atoms with van der Waals surface area (Å²) in [6.45, 7) is 13.6. The summed E-state index contributed by atoms with van der Waals surface area (Å²) in [5.41, 5.74) is 6.65. The average Bonchev–Trinajstić information content (AvgIpc) is 2.75. The van der Waals surface area contributed by atoms with Crippen LogP contribution in [0.1, 0.15) is 63.8 Å². The van der Waals surface area contributed by atoms with E-state index in [4.69, 9.17) is 9.84 Å². The van der Waals surface area contributed by atoms with Crippen LogP contribution in [0, 0.1) is 0 Å². The summed E-state index contributed by atoms with van der Waals surface area (Å²) < 4.78 is 6.09. The monoisotopic (exact) mass is 442 g/mol. The number of carboxylic acids is 1. The molecule has 0 aliphatic rings. The van der Waals surface area contributed by atoms with Gasteiger partial charge in [-0.3, -0.25) is 0 Å². The Kier molecular flexibility index (Phi) is 7.12. The van der Waals surface area contributed by atoms with Crippen LogP contribution in [0.25, 0.3) is 17.2 Å². The van der Waals surface area contributed by atoms with Crippen molar-refractivity contribution in [3.63, 3.8) is 0 Å². The van der Waals surface area contributed by atoms with E-state index in [0.717, 1.165) is 28.3 Å². The zero-order chi connectivity index (χ0) is 24.2. The molecule has 3 aromatic rings. The number of carbonyl (C=O) groups is 1. The fourth-order valence-electron chi connectivity index (χ4n) is 3.58. The lowest BCUT2D eigenvalue weighted by Crippen LogP contribution is -2.10. The molecule has 0 heterocycles. The third-order valence-electron chi connectivity index (χ3n) is 5.71. The topological polar surface area (TPSA) is 46.5 Å². The van der Waals surface area contributed by atoms with Gasteiger partial charge in [-0.25, -0.2) is 4.79 Å². The van der Waals surface area contributed by atoms with E-state index in [1.807, 2.05) is 18.2 Å². The first-order chi connectivity index (χ1) is 15.4. The van der Waals surface area contributed by atoms with Gasteiger partial charge in [0.1, 0.15) is 12.4 Å². The van der Waals surface area contributed by atoms with Crippen molar-refractivity contribution in [3.8, 4) is 16.9 Å². The highest BCUT2D eigenvalue weighted by Crippen LogP contribution is 2.31. The summed E-state index contributed by atoms with van der Waals surface area (Å²) in [4.78, 5) is 11.1. The number of hydrogen-bond donors (Lipinski definition) is 1. The minimum Gasteiger partial charge on any atom is -0.488 e. The molecular formula is C30H34O3. The lowest BCUT2D eigenvalue weighted by Gasteiger charge is -2.19. The number of benzene rings is 3. The van der Waals surface area contributed by atoms with Gasteiger partial charge in [-0.2, -0.15) is 0 Å². The molecule has 0 aromatic heterocycles. The van der Waals surface area contributed by atoms with Crippen molar-refractivity contribution in [3.05, 3.63) is 95.1 Å². The van der Waals surface area contributed by atoms with Crippen LogP contribution in [0.5, 0.6) is 5.75 Å². The van der Waals surface area contributed by atoms with Gasteiger partial charge in [0.15, 0.2) is 0 Å². The third kappa shape index (κ3) is 6.58. The van der Waals surface area contributed by atoms with Crippen LogP contribution >= 0.6 is 0 Å². The predicted octanol–water partition coefficient (Wildman–Crippen LogP) is 7.63. The second kappa shape index (κ2) is 9.66. The van der Waals surface area contributed by atoms with E-state index >= 15 is 0 Å². The van der Waals surface area contributed by atoms with Crippen LogP contribution in [-0.2, 0) is 22.2 Å². The van der Waals surface area contributed by atoms with Crippen LogP contribution < -0.4 is 4.74 Å². The smallest absolute Gasteiger partial charge is 0.328 e. The van der Waals surface area contributed by atoms with Gasteiger partial charge in [-0.1, -0.05) is 96.1 Å². The summed E-state index contributed by atoms with van der Waals surface area (Å²) in [5.74, 6) is -0.332. The molecular weight excluding hydrogens is 408 g/mol. The Morgan fingerprint density at radius 3 is 1.82 bits per heavy atom. The first-order valence-corrected chi connectivity index (χ1v) is 11.3. The van der Waals surface area contributed by atoms with E-state index in [-0.39, 0.29) is 10.8 Å². The Labute approximate surface area is 197 Å². The Morgan fingerprint density at radius 1 is 0.788 bits per heavy atom. The first-order valence-electron chi connectivity index (χ1n) is 11.3. The number of carboxylic acid groups (broad SMARTS) is 1. The summed E-state index contributed by atoms with van der Waals surface area (Å²) in [5, 5.41) is 9.13. The van der Waals surface area contributed by atoms with Crippen LogP contribution in [0.4, 0.5) is 0 Å². The second-order valence-corrected chi connectivity index (χ2v) is 10.5. The van der Waals surface area contributed by atoms with Crippen molar-refractivity contribution in [2.24, 2.45) is 0 Å². The molecule has 0 radical (unpaired) electrons. The Balaban J connectivity index is 1.85. The second-order valence-electron chi connectivity index (χ2n) is 10.5. The zero-order valence-electron chi connectivity index (χ0n) is 20.5. The molecule has 0 bridgehead atoms. The minimum absolute atomic E-state index is 0.0939. The summed E-state index contributed by atoms with van der Waals surface area (Å²) in [6.07, 6.45) is 2.74. The van der Waals surface area contributed by atoms with E-state index in [1.165, 1.54) is 11.1 Å². The van der Waals surface area contributed by atoms with E-state index in [1.54, 1.807) is 6.08 Å². The van der Waals surface area contributed by atoms with Crippen molar-refractivity contribution in [2.45, 2.75) is 59.0 Å². The largest absolute Gasteiger partial charge is 0.488 e. The molecule has 0 aliphatic carbocycles. The van der Waals surface area contributed by atoms with E-state index in [2.05, 4.69) is 90.1 Å². The minimum atomic E-state index is -0.987. The molecule has 33 heavy (non-hydrogen) atoms. The molecule has 0 saturated carbocycles. The van der Waals surface area contributed by atoms with Gasteiger partial charge in [0, 0.05) is 11.6 Å². The highest BCUT2D eigenvalue weighted by Gasteiger charge is 2.14. The van der Waals surface area contributed by atoms with Crippen LogP contribution in [0.15, 0.2) is 72.8 Å². The lowest BCUT2D eigenvalue weighted by molar-refractivity contribution is -0.131. The van der Waals surface area contributed by atoms with Gasteiger partial charge < -0.3 is 9.84 Å². The van der Waals surface area contributed by atoms with E-state index in [9.17, 15) is 4.79 Å². The maximum absolute atomic E-state index is 11.1. The van der Waals surface area contributed by atoms with Crippen molar-refractivity contribution < 1.29 is 14.6 Å². The molecule has 3 rings (SSSR count). The highest BCUT2D eigenvalue weighted by atomic mass is 16.5. The Hall–Kier alpha value is -3.33.